The number of hydrogen-bond acceptors (Lipinski definition) is 5. The van der Waals surface area contributed by atoms with E-state index in [1.165, 1.54) is 13.2 Å². The van der Waals surface area contributed by atoms with Crippen LogP contribution in [0.3, 0.4) is 0 Å². The number of carbonyl (C=O) groups excluding carboxylic acids is 3. The molecular formula is C31H29ClF2N4O4. The summed E-state index contributed by atoms with van der Waals surface area (Å²) < 4.78 is 33.9. The highest BCUT2D eigenvalue weighted by molar-refractivity contribution is 6.31. The van der Waals surface area contributed by atoms with Crippen LogP contribution in [0.25, 0.3) is 16.7 Å². The zero-order chi connectivity index (χ0) is 30.0. The number of pyridine rings is 1. The van der Waals surface area contributed by atoms with Gasteiger partial charge in [0, 0.05) is 36.0 Å². The van der Waals surface area contributed by atoms with Crippen LogP contribution in [0, 0.1) is 17.6 Å². The molecule has 3 heterocycles. The molecule has 2 atom stereocenters. The average molecular weight is 595 g/mol. The highest BCUT2D eigenvalue weighted by Crippen LogP contribution is 2.38. The van der Waals surface area contributed by atoms with E-state index in [1.54, 1.807) is 35.4 Å². The summed E-state index contributed by atoms with van der Waals surface area (Å²) in [6.45, 7) is 2.06. The number of anilines is 2. The van der Waals surface area contributed by atoms with Crippen molar-refractivity contribution >= 4 is 46.5 Å². The lowest BCUT2D eigenvalue weighted by Crippen LogP contribution is -2.38. The first kappa shape index (κ1) is 29.2. The molecule has 2 aliphatic rings. The molecule has 11 heteroatoms. The van der Waals surface area contributed by atoms with Crippen LogP contribution in [-0.2, 0) is 14.3 Å². The Morgan fingerprint density at radius 1 is 1.14 bits per heavy atom. The number of carbonyl (C=O) groups is 3. The van der Waals surface area contributed by atoms with Crippen molar-refractivity contribution in [3.05, 3.63) is 82.7 Å². The SMILES string of the molecule is COC(=O)Nc1ccc2c(c1)NC(=O)[C@@H](C)CCC[C@@H](N1CCC(c3c(F)ccc(Cl)c3F)=CC1=O)c1cc-2ccn1. The number of benzene rings is 2. The topological polar surface area (TPSA) is 101 Å². The van der Waals surface area contributed by atoms with Crippen molar-refractivity contribution in [3.63, 3.8) is 0 Å². The molecule has 8 nitrogen and oxygen atoms in total. The van der Waals surface area contributed by atoms with Crippen molar-refractivity contribution < 1.29 is 27.9 Å². The van der Waals surface area contributed by atoms with E-state index in [-0.39, 0.29) is 46.9 Å². The Labute approximate surface area is 246 Å². The molecule has 0 unspecified atom stereocenters. The quantitative estimate of drug-likeness (QED) is 0.319. The van der Waals surface area contributed by atoms with Gasteiger partial charge >= 0.3 is 6.09 Å². The minimum Gasteiger partial charge on any atom is -0.453 e. The number of nitrogens with one attached hydrogen (secondary N) is 2. The molecule has 0 saturated carbocycles. The Morgan fingerprint density at radius 2 is 1.95 bits per heavy atom. The first-order chi connectivity index (χ1) is 20.2. The molecule has 0 radical (unpaired) electrons. The summed E-state index contributed by atoms with van der Waals surface area (Å²) in [6.07, 6.45) is 4.22. The van der Waals surface area contributed by atoms with Crippen molar-refractivity contribution in [2.24, 2.45) is 5.92 Å². The van der Waals surface area contributed by atoms with Crippen LogP contribution in [0.5, 0.6) is 0 Å². The van der Waals surface area contributed by atoms with Gasteiger partial charge in [0.2, 0.25) is 11.8 Å². The van der Waals surface area contributed by atoms with Gasteiger partial charge in [-0.2, -0.15) is 0 Å². The largest absolute Gasteiger partial charge is 0.453 e. The molecule has 2 aromatic carbocycles. The number of hydrogen-bond donors (Lipinski definition) is 2. The third kappa shape index (κ3) is 5.99. The Hall–Kier alpha value is -4.31. The Morgan fingerprint density at radius 3 is 2.71 bits per heavy atom. The first-order valence-corrected chi connectivity index (χ1v) is 13.9. The maximum absolute atomic E-state index is 14.7. The summed E-state index contributed by atoms with van der Waals surface area (Å²) in [4.78, 5) is 44.6. The van der Waals surface area contributed by atoms with E-state index >= 15 is 0 Å². The Kier molecular flexibility index (Phi) is 8.54. The fraction of sp³-hybridized carbons (Fsp3) is 0.290. The van der Waals surface area contributed by atoms with Gasteiger partial charge in [-0.15, -0.1) is 0 Å². The second kappa shape index (κ2) is 12.3. The molecule has 3 aromatic rings. The van der Waals surface area contributed by atoms with Gasteiger partial charge in [-0.05, 0) is 66.8 Å². The van der Waals surface area contributed by atoms with E-state index < -0.39 is 23.8 Å². The van der Waals surface area contributed by atoms with Gasteiger partial charge in [0.05, 0.1) is 35.1 Å². The van der Waals surface area contributed by atoms with Gasteiger partial charge in [0.25, 0.3) is 0 Å². The highest BCUT2D eigenvalue weighted by Gasteiger charge is 2.31. The number of ether oxygens (including phenoxy) is 1. The zero-order valence-corrected chi connectivity index (χ0v) is 23.8. The molecule has 0 fully saturated rings. The van der Waals surface area contributed by atoms with Crippen molar-refractivity contribution in [1.82, 2.24) is 9.88 Å². The highest BCUT2D eigenvalue weighted by atomic mass is 35.5. The average Bonchev–Trinajstić information content (AvgIpc) is 2.97. The number of rotatable bonds is 3. The summed E-state index contributed by atoms with van der Waals surface area (Å²) in [5, 5.41) is 5.39. The van der Waals surface area contributed by atoms with Gasteiger partial charge in [-0.3, -0.25) is 19.9 Å². The molecule has 0 spiro atoms. The second-order valence-electron chi connectivity index (χ2n) is 10.4. The Bertz CT molecular complexity index is 1600. The fourth-order valence-corrected chi connectivity index (χ4v) is 5.55. The van der Waals surface area contributed by atoms with Crippen LogP contribution >= 0.6 is 11.6 Å². The first-order valence-electron chi connectivity index (χ1n) is 13.6. The standard InChI is InChI=1S/C31H29ClF2N4O4/c1-17-4-3-5-26(38-13-11-19(15-27(38)39)28-23(33)9-8-22(32)29(28)34)25-14-18(10-12-35-25)21-7-6-20(36-31(41)42-2)16-24(21)37-30(17)40/h6-10,12,14-17,26H,3-5,11,13H2,1-2H3,(H,36,41)(H,37,40)/t17-,26+/m0/s1. The molecule has 5 rings (SSSR count). The molecule has 2 N–H and O–H groups in total. The van der Waals surface area contributed by atoms with E-state index in [0.717, 1.165) is 17.7 Å². The van der Waals surface area contributed by atoms with Crippen LogP contribution in [0.1, 0.15) is 49.9 Å². The number of methoxy groups -OCH3 is 1. The lowest BCUT2D eigenvalue weighted by molar-refractivity contribution is -0.129. The molecule has 42 heavy (non-hydrogen) atoms. The van der Waals surface area contributed by atoms with Crippen molar-refractivity contribution in [2.45, 2.75) is 38.6 Å². The van der Waals surface area contributed by atoms with E-state index in [4.69, 9.17) is 11.6 Å². The number of aromatic nitrogens is 1. The number of halogens is 3. The van der Waals surface area contributed by atoms with Crippen LogP contribution in [0.15, 0.2) is 54.7 Å². The number of amides is 3. The third-order valence-electron chi connectivity index (χ3n) is 7.65. The monoisotopic (exact) mass is 594 g/mol. The number of nitrogens with zero attached hydrogens (tertiary/aromatic N) is 2. The lowest BCUT2D eigenvalue weighted by Gasteiger charge is -2.34. The van der Waals surface area contributed by atoms with Gasteiger partial charge in [0.15, 0.2) is 5.82 Å². The fourth-order valence-electron chi connectivity index (χ4n) is 5.40. The van der Waals surface area contributed by atoms with Crippen LogP contribution < -0.4 is 10.6 Å². The van der Waals surface area contributed by atoms with Crippen LogP contribution in [0.2, 0.25) is 5.02 Å². The molecule has 2 aliphatic heterocycles. The molecule has 218 valence electrons. The molecule has 2 bridgehead atoms. The van der Waals surface area contributed by atoms with Crippen LogP contribution in [-0.4, -0.2) is 41.4 Å². The summed E-state index contributed by atoms with van der Waals surface area (Å²) in [5.41, 5.74) is 3.02. The van der Waals surface area contributed by atoms with E-state index in [1.807, 2.05) is 13.0 Å². The maximum atomic E-state index is 14.7. The summed E-state index contributed by atoms with van der Waals surface area (Å²) >= 11 is 5.89. The summed E-state index contributed by atoms with van der Waals surface area (Å²) in [6, 6.07) is 10.6. The molecule has 3 amide bonds. The van der Waals surface area contributed by atoms with E-state index in [0.29, 0.717) is 41.9 Å². The number of fused-ring (bicyclic) bond motifs is 4. The van der Waals surface area contributed by atoms with Gasteiger partial charge in [-0.1, -0.05) is 31.0 Å². The van der Waals surface area contributed by atoms with Gasteiger partial charge < -0.3 is 15.0 Å². The van der Waals surface area contributed by atoms with Crippen LogP contribution in [0.4, 0.5) is 25.0 Å². The smallest absolute Gasteiger partial charge is 0.411 e. The Balaban J connectivity index is 1.52. The molecule has 0 aliphatic carbocycles. The van der Waals surface area contributed by atoms with Gasteiger partial charge in [0.1, 0.15) is 5.82 Å². The van der Waals surface area contributed by atoms with E-state index in [9.17, 15) is 23.2 Å². The predicted octanol–water partition coefficient (Wildman–Crippen LogP) is 6.97. The lowest BCUT2D eigenvalue weighted by atomic mass is 9.92. The van der Waals surface area contributed by atoms with E-state index in [2.05, 4.69) is 20.4 Å². The molecular weight excluding hydrogens is 566 g/mol. The zero-order valence-electron chi connectivity index (χ0n) is 23.0. The normalized spacial score (nSPS) is 19.1. The third-order valence-corrected chi connectivity index (χ3v) is 7.94. The minimum atomic E-state index is -0.889. The van der Waals surface area contributed by atoms with Crippen molar-refractivity contribution in [2.75, 3.05) is 24.3 Å². The minimum absolute atomic E-state index is 0.176. The summed E-state index contributed by atoms with van der Waals surface area (Å²) in [7, 11) is 1.26. The summed E-state index contributed by atoms with van der Waals surface area (Å²) in [5.74, 6) is -2.56. The second-order valence-corrected chi connectivity index (χ2v) is 10.8. The van der Waals surface area contributed by atoms with Gasteiger partial charge in [-0.25, -0.2) is 13.6 Å². The molecule has 0 saturated heterocycles. The maximum Gasteiger partial charge on any atom is 0.411 e. The predicted molar refractivity (Wildman–Crippen MR) is 156 cm³/mol. The van der Waals surface area contributed by atoms with Crippen molar-refractivity contribution in [3.8, 4) is 11.1 Å². The van der Waals surface area contributed by atoms with Crippen molar-refractivity contribution in [1.29, 1.82) is 0 Å². The molecule has 1 aromatic heterocycles.